The van der Waals surface area contributed by atoms with Crippen molar-refractivity contribution < 1.29 is 9.53 Å². The SMILES string of the molecule is CC1CN(CC2CCN(C(=O)c3csc(-c4ccc(Cl)cc4)n3)CC2)CC(C)O1. The van der Waals surface area contributed by atoms with Crippen LogP contribution in [0.2, 0.25) is 5.02 Å². The van der Waals surface area contributed by atoms with Crippen molar-refractivity contribution in [2.45, 2.75) is 38.9 Å². The fourth-order valence-electron chi connectivity index (χ4n) is 4.38. The Morgan fingerprint density at radius 2 is 1.83 bits per heavy atom. The Labute approximate surface area is 181 Å². The number of likely N-dealkylation sites (tertiary alicyclic amines) is 1. The monoisotopic (exact) mass is 433 g/mol. The van der Waals surface area contributed by atoms with Gasteiger partial charge in [0.05, 0.1) is 12.2 Å². The van der Waals surface area contributed by atoms with Crippen LogP contribution < -0.4 is 0 Å². The molecule has 2 fully saturated rings. The van der Waals surface area contributed by atoms with Gasteiger partial charge in [0.25, 0.3) is 5.91 Å². The zero-order valence-corrected chi connectivity index (χ0v) is 18.6. The van der Waals surface area contributed by atoms with Crippen molar-refractivity contribution >= 4 is 28.8 Å². The van der Waals surface area contributed by atoms with Crippen LogP contribution in [-0.4, -0.2) is 65.6 Å². The highest BCUT2D eigenvalue weighted by Crippen LogP contribution is 2.27. The third-order valence-corrected chi connectivity index (χ3v) is 6.87. The number of carbonyl (C=O) groups excluding carboxylic acids is 1. The summed E-state index contributed by atoms with van der Waals surface area (Å²) in [4.78, 5) is 22.0. The van der Waals surface area contributed by atoms with Crippen LogP contribution in [0.15, 0.2) is 29.6 Å². The lowest BCUT2D eigenvalue weighted by Gasteiger charge is -2.39. The molecule has 7 heteroatoms. The van der Waals surface area contributed by atoms with E-state index in [1.165, 1.54) is 11.3 Å². The number of halogens is 1. The molecule has 1 aromatic heterocycles. The highest BCUT2D eigenvalue weighted by atomic mass is 35.5. The van der Waals surface area contributed by atoms with E-state index in [-0.39, 0.29) is 5.91 Å². The smallest absolute Gasteiger partial charge is 0.273 e. The summed E-state index contributed by atoms with van der Waals surface area (Å²) in [6, 6.07) is 7.57. The molecule has 3 heterocycles. The van der Waals surface area contributed by atoms with Gasteiger partial charge in [0.2, 0.25) is 0 Å². The molecule has 0 aliphatic carbocycles. The maximum absolute atomic E-state index is 12.9. The molecule has 0 bridgehead atoms. The highest BCUT2D eigenvalue weighted by molar-refractivity contribution is 7.13. The number of piperidine rings is 1. The van der Waals surface area contributed by atoms with Crippen LogP contribution >= 0.6 is 22.9 Å². The first kappa shape index (κ1) is 20.8. The standard InChI is InChI=1S/C22H28ClN3O2S/c1-15-11-25(12-16(2)28-15)13-17-7-9-26(10-8-17)22(27)20-14-29-21(24-20)18-3-5-19(23)6-4-18/h3-6,14-17H,7-13H2,1-2H3. The summed E-state index contributed by atoms with van der Waals surface area (Å²) in [7, 11) is 0. The molecular weight excluding hydrogens is 406 g/mol. The number of hydrogen-bond acceptors (Lipinski definition) is 5. The number of aromatic nitrogens is 1. The van der Waals surface area contributed by atoms with E-state index in [0.29, 0.717) is 28.8 Å². The van der Waals surface area contributed by atoms with Crippen LogP contribution in [0.4, 0.5) is 0 Å². The summed E-state index contributed by atoms with van der Waals surface area (Å²) >= 11 is 7.46. The largest absolute Gasteiger partial charge is 0.373 e. The molecule has 5 nitrogen and oxygen atoms in total. The van der Waals surface area contributed by atoms with Crippen molar-refractivity contribution in [3.05, 3.63) is 40.4 Å². The second kappa shape index (κ2) is 9.13. The maximum atomic E-state index is 12.9. The van der Waals surface area contributed by atoms with Gasteiger partial charge in [-0.1, -0.05) is 23.7 Å². The Kier molecular flexibility index (Phi) is 6.54. The Morgan fingerprint density at radius 1 is 1.17 bits per heavy atom. The van der Waals surface area contributed by atoms with Crippen molar-refractivity contribution in [3.8, 4) is 10.6 Å². The maximum Gasteiger partial charge on any atom is 0.273 e. The predicted molar refractivity (Wildman–Crippen MR) is 118 cm³/mol. The van der Waals surface area contributed by atoms with Gasteiger partial charge in [-0.2, -0.15) is 0 Å². The third-order valence-electron chi connectivity index (χ3n) is 5.73. The number of benzene rings is 1. The Balaban J connectivity index is 1.31. The molecule has 0 radical (unpaired) electrons. The molecule has 156 valence electrons. The number of rotatable bonds is 4. The van der Waals surface area contributed by atoms with E-state index in [2.05, 4.69) is 23.7 Å². The minimum Gasteiger partial charge on any atom is -0.373 e. The Morgan fingerprint density at radius 3 is 2.48 bits per heavy atom. The van der Waals surface area contributed by atoms with Gasteiger partial charge in [0, 0.05) is 48.7 Å². The van der Waals surface area contributed by atoms with Crippen molar-refractivity contribution in [2.75, 3.05) is 32.7 Å². The Hall–Kier alpha value is -1.47. The molecule has 2 saturated heterocycles. The highest BCUT2D eigenvalue weighted by Gasteiger charge is 2.29. The quantitative estimate of drug-likeness (QED) is 0.715. The van der Waals surface area contributed by atoms with Crippen LogP contribution in [0.25, 0.3) is 10.6 Å². The van der Waals surface area contributed by atoms with Crippen molar-refractivity contribution in [1.82, 2.24) is 14.8 Å². The van der Waals surface area contributed by atoms with Crippen LogP contribution in [0.3, 0.4) is 0 Å². The van der Waals surface area contributed by atoms with Gasteiger partial charge in [0.1, 0.15) is 10.7 Å². The number of ether oxygens (including phenoxy) is 1. The van der Waals surface area contributed by atoms with E-state index < -0.39 is 0 Å². The van der Waals surface area contributed by atoms with Crippen molar-refractivity contribution in [2.24, 2.45) is 5.92 Å². The van der Waals surface area contributed by atoms with Gasteiger partial charge < -0.3 is 9.64 Å². The molecular formula is C22H28ClN3O2S. The second-order valence-corrected chi connectivity index (χ2v) is 9.55. The summed E-state index contributed by atoms with van der Waals surface area (Å²) in [6.45, 7) is 9.05. The van der Waals surface area contributed by atoms with E-state index in [4.69, 9.17) is 16.3 Å². The van der Waals surface area contributed by atoms with Gasteiger partial charge in [-0.15, -0.1) is 11.3 Å². The molecule has 0 spiro atoms. The Bertz CT molecular complexity index is 823. The summed E-state index contributed by atoms with van der Waals surface area (Å²) in [5.41, 5.74) is 1.54. The fraction of sp³-hybridized carbons (Fsp3) is 0.545. The van der Waals surface area contributed by atoms with Crippen LogP contribution in [0.5, 0.6) is 0 Å². The van der Waals surface area contributed by atoms with Gasteiger partial charge >= 0.3 is 0 Å². The lowest BCUT2D eigenvalue weighted by Crippen LogP contribution is -2.48. The minimum absolute atomic E-state index is 0.0496. The minimum atomic E-state index is 0.0496. The number of hydrogen-bond donors (Lipinski definition) is 0. The average Bonchev–Trinajstić information content (AvgIpc) is 3.18. The zero-order chi connectivity index (χ0) is 20.4. The third kappa shape index (κ3) is 5.18. The van der Waals surface area contributed by atoms with Gasteiger partial charge in [0.15, 0.2) is 0 Å². The lowest BCUT2D eigenvalue weighted by molar-refractivity contribution is -0.0728. The molecule has 2 unspecified atom stereocenters. The van der Waals surface area contributed by atoms with Crippen LogP contribution in [0, 0.1) is 5.92 Å². The number of nitrogens with zero attached hydrogens (tertiary/aromatic N) is 3. The molecule has 0 saturated carbocycles. The lowest BCUT2D eigenvalue weighted by atomic mass is 9.95. The van der Waals surface area contributed by atoms with E-state index in [1.807, 2.05) is 34.5 Å². The summed E-state index contributed by atoms with van der Waals surface area (Å²) in [5, 5.41) is 3.43. The molecule has 29 heavy (non-hydrogen) atoms. The fourth-order valence-corrected chi connectivity index (χ4v) is 5.30. The first-order chi connectivity index (χ1) is 14.0. The number of amides is 1. The van der Waals surface area contributed by atoms with Crippen molar-refractivity contribution in [3.63, 3.8) is 0 Å². The normalized spacial score (nSPS) is 24.0. The van der Waals surface area contributed by atoms with Gasteiger partial charge in [-0.05, 0) is 44.7 Å². The van der Waals surface area contributed by atoms with E-state index >= 15 is 0 Å². The van der Waals surface area contributed by atoms with Crippen LogP contribution in [-0.2, 0) is 4.74 Å². The summed E-state index contributed by atoms with van der Waals surface area (Å²) in [5.74, 6) is 0.699. The predicted octanol–water partition coefficient (Wildman–Crippen LogP) is 4.42. The molecule has 2 aromatic rings. The molecule has 4 rings (SSSR count). The summed E-state index contributed by atoms with van der Waals surface area (Å²) < 4.78 is 5.84. The number of morpholine rings is 1. The molecule has 1 amide bonds. The average molecular weight is 434 g/mol. The molecule has 0 N–H and O–H groups in total. The summed E-state index contributed by atoms with van der Waals surface area (Å²) in [6.07, 6.45) is 2.72. The van der Waals surface area contributed by atoms with Gasteiger partial charge in [-0.25, -0.2) is 4.98 Å². The zero-order valence-electron chi connectivity index (χ0n) is 17.0. The van der Waals surface area contributed by atoms with Crippen molar-refractivity contribution in [1.29, 1.82) is 0 Å². The second-order valence-electron chi connectivity index (χ2n) is 8.26. The van der Waals surface area contributed by atoms with E-state index in [1.54, 1.807) is 0 Å². The van der Waals surface area contributed by atoms with E-state index in [9.17, 15) is 4.79 Å². The molecule has 2 aliphatic heterocycles. The molecule has 2 aliphatic rings. The topological polar surface area (TPSA) is 45.7 Å². The first-order valence-electron chi connectivity index (χ1n) is 10.4. The number of carbonyl (C=O) groups is 1. The van der Waals surface area contributed by atoms with Gasteiger partial charge in [-0.3, -0.25) is 9.69 Å². The van der Waals surface area contributed by atoms with Crippen LogP contribution in [0.1, 0.15) is 37.2 Å². The van der Waals surface area contributed by atoms with E-state index in [0.717, 1.165) is 56.1 Å². The molecule has 2 atom stereocenters. The number of thiazole rings is 1. The first-order valence-corrected chi connectivity index (χ1v) is 11.6. The molecule has 1 aromatic carbocycles.